The average molecular weight is 390 g/mol. The number of alkyl halides is 3. The number of nitrogens with zero attached hydrogens (tertiary/aromatic N) is 1. The maximum absolute atomic E-state index is 12.6. The third-order valence-electron chi connectivity index (χ3n) is 4.71. The summed E-state index contributed by atoms with van der Waals surface area (Å²) in [5.74, 6) is -0.118. The maximum Gasteiger partial charge on any atom is 0.416 e. The van der Waals surface area contributed by atoms with E-state index >= 15 is 0 Å². The number of amides is 2. The van der Waals surface area contributed by atoms with Gasteiger partial charge in [-0.2, -0.15) is 13.2 Å². The van der Waals surface area contributed by atoms with Gasteiger partial charge in [0, 0.05) is 31.6 Å². The fourth-order valence-electron chi connectivity index (χ4n) is 3.19. The van der Waals surface area contributed by atoms with Gasteiger partial charge in [0.05, 0.1) is 5.56 Å². The molecule has 0 unspecified atom stereocenters. The van der Waals surface area contributed by atoms with Crippen LogP contribution in [-0.4, -0.2) is 29.8 Å². The van der Waals surface area contributed by atoms with E-state index in [1.807, 2.05) is 6.07 Å². The summed E-state index contributed by atoms with van der Waals surface area (Å²) in [6.45, 7) is 1.55. The molecule has 0 atom stereocenters. The molecule has 1 aliphatic rings. The summed E-state index contributed by atoms with van der Waals surface area (Å²) in [7, 11) is 0. The Hall–Kier alpha value is -2.83. The van der Waals surface area contributed by atoms with Gasteiger partial charge in [-0.05, 0) is 48.2 Å². The van der Waals surface area contributed by atoms with Crippen LogP contribution >= 0.6 is 0 Å². The summed E-state index contributed by atoms with van der Waals surface area (Å²) in [6, 6.07) is 12.0. The zero-order valence-electron chi connectivity index (χ0n) is 15.3. The van der Waals surface area contributed by atoms with E-state index in [2.05, 4.69) is 5.32 Å². The first-order valence-corrected chi connectivity index (χ1v) is 9.14. The van der Waals surface area contributed by atoms with Crippen LogP contribution in [0.25, 0.3) is 0 Å². The summed E-state index contributed by atoms with van der Waals surface area (Å²) in [5, 5.41) is 2.78. The lowest BCUT2D eigenvalue weighted by molar-refractivity contribution is -0.137. The normalized spacial score (nSPS) is 14.4. The topological polar surface area (TPSA) is 49.4 Å². The van der Waals surface area contributed by atoms with Crippen molar-refractivity contribution >= 4 is 11.8 Å². The molecule has 3 rings (SSSR count). The quantitative estimate of drug-likeness (QED) is 0.816. The molecule has 7 heteroatoms. The second-order valence-electron chi connectivity index (χ2n) is 6.82. The summed E-state index contributed by atoms with van der Waals surface area (Å²) >= 11 is 0. The number of carbonyl (C=O) groups is 2. The van der Waals surface area contributed by atoms with E-state index in [9.17, 15) is 22.8 Å². The molecule has 2 aromatic rings. The molecule has 2 aromatic carbocycles. The van der Waals surface area contributed by atoms with E-state index in [0.29, 0.717) is 31.5 Å². The first kappa shape index (κ1) is 19.9. The molecule has 0 aromatic heterocycles. The Labute approximate surface area is 161 Å². The Morgan fingerprint density at radius 3 is 2.46 bits per heavy atom. The van der Waals surface area contributed by atoms with Crippen molar-refractivity contribution in [3.63, 3.8) is 0 Å². The Bertz CT molecular complexity index is 847. The highest BCUT2D eigenvalue weighted by molar-refractivity contribution is 5.94. The van der Waals surface area contributed by atoms with Gasteiger partial charge in [-0.25, -0.2) is 0 Å². The number of likely N-dealkylation sites (tertiary alicyclic amines) is 1. The lowest BCUT2D eigenvalue weighted by Gasteiger charge is -2.16. The summed E-state index contributed by atoms with van der Waals surface area (Å²) in [6.07, 6.45) is -2.48. The molecule has 4 nitrogen and oxygen atoms in total. The van der Waals surface area contributed by atoms with Gasteiger partial charge < -0.3 is 10.2 Å². The van der Waals surface area contributed by atoms with E-state index < -0.39 is 11.7 Å². The highest BCUT2D eigenvalue weighted by Gasteiger charge is 2.29. The molecule has 1 heterocycles. The van der Waals surface area contributed by atoms with E-state index in [1.54, 1.807) is 23.1 Å². The standard InChI is InChI=1S/C21H21F3N2O2/c22-21(23,24)18-8-6-15(7-9-18)10-11-25-20(28)17-4-1-3-16(13-17)14-26-12-2-5-19(26)27/h1,3-4,6-9,13H,2,5,10-12,14H2,(H,25,28). The smallest absolute Gasteiger partial charge is 0.352 e. The van der Waals surface area contributed by atoms with Crippen LogP contribution in [0.1, 0.15) is 39.9 Å². The average Bonchev–Trinajstić information content (AvgIpc) is 3.06. The van der Waals surface area contributed by atoms with Crippen LogP contribution < -0.4 is 5.32 Å². The van der Waals surface area contributed by atoms with Crippen molar-refractivity contribution in [2.24, 2.45) is 0 Å². The van der Waals surface area contributed by atoms with Crippen molar-refractivity contribution in [1.29, 1.82) is 0 Å². The minimum atomic E-state index is -4.35. The lowest BCUT2D eigenvalue weighted by Crippen LogP contribution is -2.26. The van der Waals surface area contributed by atoms with Crippen molar-refractivity contribution in [3.05, 3.63) is 70.8 Å². The first-order valence-electron chi connectivity index (χ1n) is 9.14. The van der Waals surface area contributed by atoms with E-state index in [4.69, 9.17) is 0 Å². The van der Waals surface area contributed by atoms with Crippen molar-refractivity contribution in [2.75, 3.05) is 13.1 Å². The molecule has 1 fully saturated rings. The molecule has 0 saturated carbocycles. The number of rotatable bonds is 6. The van der Waals surface area contributed by atoms with E-state index in [0.717, 1.165) is 36.2 Å². The minimum absolute atomic E-state index is 0.131. The number of halogens is 3. The summed E-state index contributed by atoms with van der Waals surface area (Å²) in [4.78, 5) is 25.8. The zero-order valence-corrected chi connectivity index (χ0v) is 15.3. The fraction of sp³-hybridized carbons (Fsp3) is 0.333. The molecule has 2 amide bonds. The van der Waals surface area contributed by atoms with Gasteiger partial charge in [0.2, 0.25) is 5.91 Å². The Kier molecular flexibility index (Phi) is 6.02. The molecule has 0 spiro atoms. The van der Waals surface area contributed by atoms with Gasteiger partial charge in [-0.1, -0.05) is 24.3 Å². The second kappa shape index (κ2) is 8.46. The molecular formula is C21H21F3N2O2. The molecule has 1 N–H and O–H groups in total. The van der Waals surface area contributed by atoms with Crippen LogP contribution in [-0.2, 0) is 23.9 Å². The molecule has 1 aliphatic heterocycles. The van der Waals surface area contributed by atoms with Crippen LogP contribution in [0.5, 0.6) is 0 Å². The summed E-state index contributed by atoms with van der Waals surface area (Å²) < 4.78 is 37.7. The van der Waals surface area contributed by atoms with Crippen molar-refractivity contribution in [3.8, 4) is 0 Å². The van der Waals surface area contributed by atoms with Crippen LogP contribution in [0.3, 0.4) is 0 Å². The van der Waals surface area contributed by atoms with Crippen LogP contribution in [0, 0.1) is 0 Å². The largest absolute Gasteiger partial charge is 0.416 e. The SMILES string of the molecule is O=C(NCCc1ccc(C(F)(F)F)cc1)c1cccc(CN2CCCC2=O)c1. The van der Waals surface area contributed by atoms with Crippen molar-refractivity contribution < 1.29 is 22.8 Å². The van der Waals surface area contributed by atoms with Gasteiger partial charge in [-0.15, -0.1) is 0 Å². The first-order chi connectivity index (χ1) is 13.3. The highest BCUT2D eigenvalue weighted by atomic mass is 19.4. The maximum atomic E-state index is 12.6. The fourth-order valence-corrected chi connectivity index (χ4v) is 3.19. The molecule has 0 aliphatic carbocycles. The number of hydrogen-bond donors (Lipinski definition) is 1. The molecule has 0 bridgehead atoms. The predicted molar refractivity (Wildman–Crippen MR) is 98.6 cm³/mol. The number of hydrogen-bond acceptors (Lipinski definition) is 2. The molecule has 28 heavy (non-hydrogen) atoms. The van der Waals surface area contributed by atoms with E-state index in [-0.39, 0.29) is 11.8 Å². The second-order valence-corrected chi connectivity index (χ2v) is 6.82. The summed E-state index contributed by atoms with van der Waals surface area (Å²) in [5.41, 5.74) is 1.42. The Morgan fingerprint density at radius 1 is 1.07 bits per heavy atom. The Balaban J connectivity index is 1.52. The molecule has 0 radical (unpaired) electrons. The molecular weight excluding hydrogens is 369 g/mol. The van der Waals surface area contributed by atoms with Crippen LogP contribution in [0.15, 0.2) is 48.5 Å². The number of nitrogens with one attached hydrogen (secondary N) is 1. The molecule has 1 saturated heterocycles. The molecule has 148 valence electrons. The monoisotopic (exact) mass is 390 g/mol. The van der Waals surface area contributed by atoms with Gasteiger partial charge in [0.25, 0.3) is 5.91 Å². The zero-order chi connectivity index (χ0) is 20.1. The number of benzene rings is 2. The van der Waals surface area contributed by atoms with Gasteiger partial charge >= 0.3 is 6.18 Å². The number of carbonyl (C=O) groups excluding carboxylic acids is 2. The Morgan fingerprint density at radius 2 is 1.82 bits per heavy atom. The van der Waals surface area contributed by atoms with Gasteiger partial charge in [-0.3, -0.25) is 9.59 Å². The highest BCUT2D eigenvalue weighted by Crippen LogP contribution is 2.29. The van der Waals surface area contributed by atoms with E-state index in [1.165, 1.54) is 12.1 Å². The van der Waals surface area contributed by atoms with Crippen molar-refractivity contribution in [2.45, 2.75) is 32.0 Å². The lowest BCUT2D eigenvalue weighted by atomic mass is 10.1. The van der Waals surface area contributed by atoms with Crippen molar-refractivity contribution in [1.82, 2.24) is 10.2 Å². The predicted octanol–water partition coefficient (Wildman–Crippen LogP) is 3.80. The minimum Gasteiger partial charge on any atom is -0.352 e. The third kappa shape index (κ3) is 5.12. The van der Waals surface area contributed by atoms with Crippen LogP contribution in [0.4, 0.5) is 13.2 Å². The van der Waals surface area contributed by atoms with Crippen LogP contribution in [0.2, 0.25) is 0 Å². The van der Waals surface area contributed by atoms with Gasteiger partial charge in [0.15, 0.2) is 0 Å². The third-order valence-corrected chi connectivity index (χ3v) is 4.71. The van der Waals surface area contributed by atoms with Gasteiger partial charge in [0.1, 0.15) is 0 Å².